The second kappa shape index (κ2) is 11.0. The summed E-state index contributed by atoms with van der Waals surface area (Å²) in [6.07, 6.45) is 1.34. The van der Waals surface area contributed by atoms with Gasteiger partial charge in [-0.2, -0.15) is 0 Å². The molecule has 0 radical (unpaired) electrons. The molecule has 0 spiro atoms. The third-order valence-electron chi connectivity index (χ3n) is 4.02. The van der Waals surface area contributed by atoms with Crippen LogP contribution in [0.15, 0.2) is 36.4 Å². The molecule has 2 rings (SSSR count). The zero-order valence-electron chi connectivity index (χ0n) is 16.3. The summed E-state index contributed by atoms with van der Waals surface area (Å²) in [5.74, 6) is 1.48. The Hall–Kier alpha value is -2.11. The number of hydrogen-bond donors (Lipinski definition) is 1. The summed E-state index contributed by atoms with van der Waals surface area (Å²) in [4.78, 5) is 12.3. The first-order chi connectivity index (χ1) is 13.4. The molecule has 0 aliphatic carbocycles. The number of halogens is 2. The Kier molecular flexibility index (Phi) is 8.74. The fourth-order valence-electron chi connectivity index (χ4n) is 2.42. The zero-order chi connectivity index (χ0) is 20.5. The lowest BCUT2D eigenvalue weighted by Crippen LogP contribution is -2.35. The van der Waals surface area contributed by atoms with Gasteiger partial charge in [0, 0.05) is 11.6 Å². The number of benzene rings is 2. The molecule has 0 fully saturated rings. The van der Waals surface area contributed by atoms with Gasteiger partial charge in [0.05, 0.1) is 18.7 Å². The van der Waals surface area contributed by atoms with Crippen molar-refractivity contribution in [1.29, 1.82) is 0 Å². The number of carbonyl (C=O) groups is 1. The van der Waals surface area contributed by atoms with Gasteiger partial charge in [0.2, 0.25) is 0 Å². The third kappa shape index (κ3) is 6.50. The van der Waals surface area contributed by atoms with E-state index in [-0.39, 0.29) is 5.91 Å². The quantitative estimate of drug-likeness (QED) is 0.527. The molecule has 28 heavy (non-hydrogen) atoms. The van der Waals surface area contributed by atoms with Crippen LogP contribution in [0.5, 0.6) is 17.2 Å². The summed E-state index contributed by atoms with van der Waals surface area (Å²) < 4.78 is 16.7. The van der Waals surface area contributed by atoms with Crippen molar-refractivity contribution in [2.24, 2.45) is 0 Å². The molecule has 0 aromatic heterocycles. The first-order valence-corrected chi connectivity index (χ1v) is 9.89. The van der Waals surface area contributed by atoms with Gasteiger partial charge in [-0.1, -0.05) is 42.6 Å². The second-order valence-corrected chi connectivity index (χ2v) is 7.08. The van der Waals surface area contributed by atoms with Gasteiger partial charge in [0.25, 0.3) is 5.91 Å². The van der Waals surface area contributed by atoms with E-state index in [1.807, 2.05) is 18.2 Å². The highest BCUT2D eigenvalue weighted by atomic mass is 35.5. The summed E-state index contributed by atoms with van der Waals surface area (Å²) in [5.41, 5.74) is 0.893. The molecule has 0 saturated carbocycles. The van der Waals surface area contributed by atoms with Crippen LogP contribution in [0.1, 0.15) is 32.3 Å². The maximum atomic E-state index is 12.3. The zero-order valence-corrected chi connectivity index (χ0v) is 17.8. The topological polar surface area (TPSA) is 56.8 Å². The second-order valence-electron chi connectivity index (χ2n) is 6.24. The summed E-state index contributed by atoms with van der Waals surface area (Å²) in [6.45, 7) is 4.75. The maximum Gasteiger partial charge on any atom is 0.261 e. The van der Waals surface area contributed by atoms with Gasteiger partial charge >= 0.3 is 0 Å². The predicted octanol–water partition coefficient (Wildman–Crippen LogP) is 5.26. The molecule has 1 unspecified atom stereocenters. The van der Waals surface area contributed by atoms with Gasteiger partial charge in [0.1, 0.15) is 5.75 Å². The Morgan fingerprint density at radius 2 is 1.86 bits per heavy atom. The first kappa shape index (κ1) is 22.2. The Bertz CT molecular complexity index is 798. The average molecular weight is 426 g/mol. The van der Waals surface area contributed by atoms with Gasteiger partial charge in [-0.15, -0.1) is 0 Å². The van der Waals surface area contributed by atoms with Crippen LogP contribution >= 0.6 is 23.2 Å². The van der Waals surface area contributed by atoms with Crippen molar-refractivity contribution in [3.63, 3.8) is 0 Å². The highest BCUT2D eigenvalue weighted by Gasteiger charge is 2.16. The normalized spacial score (nSPS) is 11.6. The average Bonchev–Trinajstić information content (AvgIpc) is 2.68. The molecule has 1 amide bonds. The minimum Gasteiger partial charge on any atom is -0.493 e. The monoisotopic (exact) mass is 425 g/mol. The summed E-state index contributed by atoms with van der Waals surface area (Å²) in [7, 11) is 1.59. The Morgan fingerprint density at radius 1 is 1.11 bits per heavy atom. The molecular weight excluding hydrogens is 401 g/mol. The first-order valence-electron chi connectivity index (χ1n) is 9.13. The fourth-order valence-corrected chi connectivity index (χ4v) is 2.87. The number of rotatable bonds is 10. The molecule has 1 atom stereocenters. The van der Waals surface area contributed by atoms with Gasteiger partial charge < -0.3 is 19.5 Å². The SMILES string of the molecule is CCCCOc1ccc(CNC(=O)C(C)Oc2ccc(Cl)cc2Cl)cc1OC. The number of ether oxygens (including phenoxy) is 3. The van der Waals surface area contributed by atoms with Crippen LogP contribution in [0.3, 0.4) is 0 Å². The van der Waals surface area contributed by atoms with E-state index in [9.17, 15) is 4.79 Å². The molecule has 0 aliphatic heterocycles. The summed E-state index contributed by atoms with van der Waals surface area (Å²) in [5, 5.41) is 3.71. The lowest BCUT2D eigenvalue weighted by Gasteiger charge is -2.16. The Labute approximate surface area is 175 Å². The maximum absolute atomic E-state index is 12.3. The minimum absolute atomic E-state index is 0.256. The molecule has 0 heterocycles. The molecule has 0 bridgehead atoms. The van der Waals surface area contributed by atoms with Gasteiger partial charge in [-0.25, -0.2) is 0 Å². The Balaban J connectivity index is 1.92. The van der Waals surface area contributed by atoms with E-state index in [2.05, 4.69) is 12.2 Å². The molecule has 0 aliphatic rings. The highest BCUT2D eigenvalue weighted by Crippen LogP contribution is 2.29. The van der Waals surface area contributed by atoms with Crippen LogP contribution < -0.4 is 19.5 Å². The van der Waals surface area contributed by atoms with E-state index in [0.717, 1.165) is 18.4 Å². The van der Waals surface area contributed by atoms with Gasteiger partial charge in [-0.05, 0) is 49.2 Å². The highest BCUT2D eigenvalue weighted by molar-refractivity contribution is 6.35. The van der Waals surface area contributed by atoms with Crippen molar-refractivity contribution >= 4 is 29.1 Å². The van der Waals surface area contributed by atoms with E-state index in [1.165, 1.54) is 0 Å². The minimum atomic E-state index is -0.711. The molecular formula is C21H25Cl2NO4. The molecule has 152 valence electrons. The number of methoxy groups -OCH3 is 1. The van der Waals surface area contributed by atoms with E-state index >= 15 is 0 Å². The standard InChI is InChI=1S/C21H25Cl2NO4/c1-4-5-10-27-19-8-6-15(11-20(19)26-3)13-24-21(25)14(2)28-18-9-7-16(22)12-17(18)23/h6-9,11-12,14H,4-5,10,13H2,1-3H3,(H,24,25). The predicted molar refractivity (Wildman–Crippen MR) is 112 cm³/mol. The number of unbranched alkanes of at least 4 members (excludes halogenated alkanes) is 1. The molecule has 0 saturated heterocycles. The number of nitrogens with one attached hydrogen (secondary N) is 1. The van der Waals surface area contributed by atoms with Crippen LogP contribution in [0, 0.1) is 0 Å². The van der Waals surface area contributed by atoms with E-state index in [4.69, 9.17) is 37.4 Å². The smallest absolute Gasteiger partial charge is 0.261 e. The van der Waals surface area contributed by atoms with Gasteiger partial charge in [0.15, 0.2) is 17.6 Å². The van der Waals surface area contributed by atoms with Gasteiger partial charge in [-0.3, -0.25) is 4.79 Å². The summed E-state index contributed by atoms with van der Waals surface area (Å²) in [6, 6.07) is 10.5. The fraction of sp³-hybridized carbons (Fsp3) is 0.381. The van der Waals surface area contributed by atoms with E-state index in [0.29, 0.717) is 40.4 Å². The molecule has 1 N–H and O–H groups in total. The number of carbonyl (C=O) groups excluding carboxylic acids is 1. The molecule has 7 heteroatoms. The molecule has 2 aromatic rings. The van der Waals surface area contributed by atoms with Crippen LogP contribution in [0.4, 0.5) is 0 Å². The molecule has 2 aromatic carbocycles. The van der Waals surface area contributed by atoms with Crippen molar-refractivity contribution in [2.45, 2.75) is 39.3 Å². The lowest BCUT2D eigenvalue weighted by molar-refractivity contribution is -0.127. The number of hydrogen-bond acceptors (Lipinski definition) is 4. The largest absolute Gasteiger partial charge is 0.493 e. The van der Waals surface area contributed by atoms with Crippen LogP contribution in [-0.4, -0.2) is 25.7 Å². The van der Waals surface area contributed by atoms with Crippen LogP contribution in [-0.2, 0) is 11.3 Å². The number of amides is 1. The van der Waals surface area contributed by atoms with E-state index < -0.39 is 6.10 Å². The lowest BCUT2D eigenvalue weighted by atomic mass is 10.2. The van der Waals surface area contributed by atoms with Crippen LogP contribution in [0.2, 0.25) is 10.0 Å². The van der Waals surface area contributed by atoms with E-state index in [1.54, 1.807) is 32.2 Å². The van der Waals surface area contributed by atoms with Crippen molar-refractivity contribution in [3.05, 3.63) is 52.0 Å². The van der Waals surface area contributed by atoms with Crippen molar-refractivity contribution < 1.29 is 19.0 Å². The third-order valence-corrected chi connectivity index (χ3v) is 4.55. The Morgan fingerprint density at radius 3 is 2.54 bits per heavy atom. The van der Waals surface area contributed by atoms with Crippen molar-refractivity contribution in [2.75, 3.05) is 13.7 Å². The molecule has 5 nitrogen and oxygen atoms in total. The van der Waals surface area contributed by atoms with Crippen molar-refractivity contribution in [3.8, 4) is 17.2 Å². The van der Waals surface area contributed by atoms with Crippen molar-refractivity contribution in [1.82, 2.24) is 5.32 Å². The van der Waals surface area contributed by atoms with Crippen LogP contribution in [0.25, 0.3) is 0 Å². The summed E-state index contributed by atoms with van der Waals surface area (Å²) >= 11 is 11.9.